The van der Waals surface area contributed by atoms with Gasteiger partial charge in [0.15, 0.2) is 11.4 Å². The van der Waals surface area contributed by atoms with Crippen molar-refractivity contribution < 1.29 is 9.90 Å². The predicted molar refractivity (Wildman–Crippen MR) is 65.4 cm³/mol. The number of rotatable bonds is 5. The first-order valence-corrected chi connectivity index (χ1v) is 6.02. The van der Waals surface area contributed by atoms with Gasteiger partial charge in [-0.2, -0.15) is 5.10 Å². The molecule has 0 aromatic carbocycles. The summed E-state index contributed by atoms with van der Waals surface area (Å²) >= 11 is 0. The number of carboxylic acids is 1. The van der Waals surface area contributed by atoms with Crippen LogP contribution >= 0.6 is 0 Å². The van der Waals surface area contributed by atoms with Crippen LogP contribution in [0.3, 0.4) is 0 Å². The van der Waals surface area contributed by atoms with Crippen molar-refractivity contribution in [2.24, 2.45) is 0 Å². The van der Waals surface area contributed by atoms with Crippen molar-refractivity contribution >= 4 is 5.97 Å². The Kier molecular flexibility index (Phi) is 3.32. The molecule has 0 spiro atoms. The van der Waals surface area contributed by atoms with Gasteiger partial charge in [-0.05, 0) is 36.8 Å². The summed E-state index contributed by atoms with van der Waals surface area (Å²) < 4.78 is 3.04. The molecule has 0 amide bonds. The van der Waals surface area contributed by atoms with Crippen molar-refractivity contribution in [1.29, 1.82) is 0 Å². The molecule has 0 aliphatic heterocycles. The summed E-state index contributed by atoms with van der Waals surface area (Å²) in [5, 5.41) is 24.9. The molecule has 2 heterocycles. The van der Waals surface area contributed by atoms with E-state index in [1.807, 2.05) is 6.92 Å². The summed E-state index contributed by atoms with van der Waals surface area (Å²) in [6.07, 6.45) is 3.82. The van der Waals surface area contributed by atoms with Gasteiger partial charge in [-0.15, -0.1) is 5.10 Å². The van der Waals surface area contributed by atoms with Crippen LogP contribution in [0, 0.1) is 0 Å². The molecule has 8 nitrogen and oxygen atoms in total. The van der Waals surface area contributed by atoms with Crippen LogP contribution in [0.2, 0.25) is 0 Å². The van der Waals surface area contributed by atoms with Crippen LogP contribution in [0.4, 0.5) is 0 Å². The van der Waals surface area contributed by atoms with Crippen molar-refractivity contribution in [2.75, 3.05) is 0 Å². The molecule has 2 aromatic heterocycles. The molecule has 2 atom stereocenters. The second kappa shape index (κ2) is 4.79. The van der Waals surface area contributed by atoms with Gasteiger partial charge in [-0.1, -0.05) is 6.92 Å². The van der Waals surface area contributed by atoms with Crippen LogP contribution in [0.15, 0.2) is 18.5 Å². The Morgan fingerprint density at radius 1 is 1.58 bits per heavy atom. The van der Waals surface area contributed by atoms with Gasteiger partial charge in [-0.3, -0.25) is 4.68 Å². The summed E-state index contributed by atoms with van der Waals surface area (Å²) in [5.41, 5.74) is -1.17. The average molecular weight is 264 g/mol. The molecule has 102 valence electrons. The van der Waals surface area contributed by atoms with E-state index in [0.29, 0.717) is 12.2 Å². The van der Waals surface area contributed by atoms with E-state index in [1.54, 1.807) is 37.0 Å². The number of carboxylic acid groups (broad SMARTS) is 1. The lowest BCUT2D eigenvalue weighted by Gasteiger charge is -2.25. The molecule has 0 fully saturated rings. The van der Waals surface area contributed by atoms with Gasteiger partial charge in [0.25, 0.3) is 0 Å². The lowest BCUT2D eigenvalue weighted by atomic mass is 9.99. The lowest BCUT2D eigenvalue weighted by molar-refractivity contribution is -0.147. The zero-order valence-corrected chi connectivity index (χ0v) is 11.1. The lowest BCUT2D eigenvalue weighted by Crippen LogP contribution is -2.41. The van der Waals surface area contributed by atoms with E-state index in [-0.39, 0.29) is 6.04 Å². The van der Waals surface area contributed by atoms with E-state index in [9.17, 15) is 9.90 Å². The zero-order chi connectivity index (χ0) is 14.0. The number of carbonyl (C=O) groups is 1. The molecule has 2 unspecified atom stereocenters. The number of nitrogens with zero attached hydrogens (tertiary/aromatic N) is 6. The number of hydrogen-bond acceptors (Lipinski definition) is 5. The summed E-state index contributed by atoms with van der Waals surface area (Å²) in [6, 6.07) is 1.55. The fourth-order valence-corrected chi connectivity index (χ4v) is 1.83. The third-order valence-corrected chi connectivity index (χ3v) is 3.41. The molecular formula is C11H16N6O2. The molecular weight excluding hydrogens is 248 g/mol. The van der Waals surface area contributed by atoms with E-state index >= 15 is 0 Å². The number of aromatic nitrogens is 6. The normalized spacial score (nSPS) is 15.9. The number of tetrazole rings is 1. The maximum Gasteiger partial charge on any atom is 0.331 e. The molecule has 0 radical (unpaired) electrons. The predicted octanol–water partition coefficient (Wildman–Crippen LogP) is 0.689. The molecule has 0 aliphatic rings. The second-order valence-corrected chi connectivity index (χ2v) is 4.54. The monoisotopic (exact) mass is 264 g/mol. The summed E-state index contributed by atoms with van der Waals surface area (Å²) in [5.74, 6) is -0.494. The third-order valence-electron chi connectivity index (χ3n) is 3.41. The van der Waals surface area contributed by atoms with E-state index in [1.165, 1.54) is 4.68 Å². The molecule has 2 aromatic rings. The summed E-state index contributed by atoms with van der Waals surface area (Å²) in [7, 11) is 0. The average Bonchev–Trinajstić information content (AvgIpc) is 3.07. The fraction of sp³-hybridized carbons (Fsp3) is 0.545. The van der Waals surface area contributed by atoms with Crippen LogP contribution in [0.5, 0.6) is 0 Å². The Balaban J connectivity index is 2.45. The Labute approximate surface area is 110 Å². The van der Waals surface area contributed by atoms with Crippen LogP contribution < -0.4 is 0 Å². The van der Waals surface area contributed by atoms with Crippen molar-refractivity contribution in [3.8, 4) is 0 Å². The minimum atomic E-state index is -1.17. The van der Waals surface area contributed by atoms with Crippen LogP contribution in [-0.2, 0) is 10.3 Å². The topological polar surface area (TPSA) is 98.7 Å². The van der Waals surface area contributed by atoms with Gasteiger partial charge in [-0.25, -0.2) is 9.48 Å². The van der Waals surface area contributed by atoms with E-state index in [0.717, 1.165) is 0 Å². The highest BCUT2D eigenvalue weighted by molar-refractivity contribution is 5.76. The van der Waals surface area contributed by atoms with Gasteiger partial charge >= 0.3 is 5.97 Å². The standard InChI is InChI=1S/C11H16N6O2/c1-4-11(3,10(18)19)17-9(13-14-15-17)8(2)16-7-5-6-12-16/h5-8H,4H2,1-3H3,(H,18,19). The van der Waals surface area contributed by atoms with Crippen LogP contribution in [-0.4, -0.2) is 41.1 Å². The zero-order valence-electron chi connectivity index (χ0n) is 11.1. The maximum atomic E-state index is 11.5. The van der Waals surface area contributed by atoms with Crippen molar-refractivity contribution in [3.05, 3.63) is 24.3 Å². The van der Waals surface area contributed by atoms with Crippen molar-refractivity contribution in [1.82, 2.24) is 30.0 Å². The first-order valence-electron chi connectivity index (χ1n) is 6.02. The third kappa shape index (κ3) is 2.09. The van der Waals surface area contributed by atoms with E-state index in [2.05, 4.69) is 20.6 Å². The van der Waals surface area contributed by atoms with Gasteiger partial charge in [0.05, 0.1) is 0 Å². The highest BCUT2D eigenvalue weighted by Crippen LogP contribution is 2.24. The van der Waals surface area contributed by atoms with Gasteiger partial charge in [0.1, 0.15) is 6.04 Å². The van der Waals surface area contributed by atoms with Gasteiger partial charge < -0.3 is 5.11 Å². The summed E-state index contributed by atoms with van der Waals surface area (Å²) in [6.45, 7) is 5.26. The second-order valence-electron chi connectivity index (χ2n) is 4.54. The van der Waals surface area contributed by atoms with Gasteiger partial charge in [0, 0.05) is 12.4 Å². The first-order chi connectivity index (χ1) is 9.00. The molecule has 2 rings (SSSR count). The molecule has 0 bridgehead atoms. The minimum Gasteiger partial charge on any atom is -0.479 e. The molecule has 0 saturated carbocycles. The largest absolute Gasteiger partial charge is 0.479 e. The number of aliphatic carboxylic acids is 1. The Morgan fingerprint density at radius 3 is 2.84 bits per heavy atom. The number of hydrogen-bond donors (Lipinski definition) is 1. The molecule has 8 heteroatoms. The first kappa shape index (κ1) is 13.2. The van der Waals surface area contributed by atoms with E-state index in [4.69, 9.17) is 0 Å². The molecule has 0 aliphatic carbocycles. The maximum absolute atomic E-state index is 11.5. The van der Waals surface area contributed by atoms with Crippen molar-refractivity contribution in [2.45, 2.75) is 38.8 Å². The molecule has 0 saturated heterocycles. The van der Waals surface area contributed by atoms with Gasteiger partial charge in [0.2, 0.25) is 0 Å². The molecule has 1 N–H and O–H groups in total. The van der Waals surface area contributed by atoms with Crippen LogP contribution in [0.25, 0.3) is 0 Å². The highest BCUT2D eigenvalue weighted by Gasteiger charge is 2.38. The highest BCUT2D eigenvalue weighted by atomic mass is 16.4. The fourth-order valence-electron chi connectivity index (χ4n) is 1.83. The minimum absolute atomic E-state index is 0.241. The Hall–Kier alpha value is -2.25. The van der Waals surface area contributed by atoms with Crippen molar-refractivity contribution in [3.63, 3.8) is 0 Å². The Morgan fingerprint density at radius 2 is 2.32 bits per heavy atom. The SMILES string of the molecule is CCC(C)(C(=O)O)n1nnnc1C(C)n1cccn1. The van der Waals surface area contributed by atoms with E-state index < -0.39 is 11.5 Å². The van der Waals surface area contributed by atoms with Crippen LogP contribution in [0.1, 0.15) is 39.1 Å². The molecule has 19 heavy (non-hydrogen) atoms. The summed E-state index contributed by atoms with van der Waals surface area (Å²) in [4.78, 5) is 11.5. The quantitative estimate of drug-likeness (QED) is 0.853. The Bertz CT molecular complexity index is 564. The smallest absolute Gasteiger partial charge is 0.331 e.